The summed E-state index contributed by atoms with van der Waals surface area (Å²) in [6.45, 7) is 2.28. The van der Waals surface area contributed by atoms with E-state index in [1.807, 2.05) is 6.20 Å². The Morgan fingerprint density at radius 1 is 1.35 bits per heavy atom. The van der Waals surface area contributed by atoms with Crippen molar-refractivity contribution in [2.75, 3.05) is 20.1 Å². The van der Waals surface area contributed by atoms with Crippen LogP contribution in [0.25, 0.3) is 0 Å². The summed E-state index contributed by atoms with van der Waals surface area (Å²) in [5.41, 5.74) is 1.32. The Morgan fingerprint density at radius 2 is 2.12 bits per heavy atom. The van der Waals surface area contributed by atoms with Gasteiger partial charge < -0.3 is 15.0 Å². The van der Waals surface area contributed by atoms with E-state index in [0.717, 1.165) is 31.7 Å². The van der Waals surface area contributed by atoms with Crippen molar-refractivity contribution in [1.82, 2.24) is 9.88 Å². The third kappa shape index (κ3) is 4.17. The molecule has 0 unspecified atom stereocenters. The smallest absolute Gasteiger partial charge is 0.0540 e. The van der Waals surface area contributed by atoms with E-state index in [1.165, 1.54) is 25.1 Å². The van der Waals surface area contributed by atoms with Crippen molar-refractivity contribution in [1.29, 1.82) is 0 Å². The molecular formula is C14H24N2O. The maximum Gasteiger partial charge on any atom is 0.0540 e. The molecule has 0 amide bonds. The van der Waals surface area contributed by atoms with Crippen molar-refractivity contribution < 1.29 is 5.11 Å². The lowest BCUT2D eigenvalue weighted by Crippen LogP contribution is -2.31. The fourth-order valence-electron chi connectivity index (χ4n) is 2.69. The van der Waals surface area contributed by atoms with E-state index in [4.69, 9.17) is 0 Å². The van der Waals surface area contributed by atoms with Crippen LogP contribution in [-0.2, 0) is 6.42 Å². The van der Waals surface area contributed by atoms with Gasteiger partial charge >= 0.3 is 0 Å². The zero-order chi connectivity index (χ0) is 12.1. The molecule has 3 nitrogen and oxygen atoms in total. The molecule has 0 spiro atoms. The number of aromatic amines is 1. The highest BCUT2D eigenvalue weighted by atomic mass is 16.3. The SMILES string of the molecule is CN(CCc1ccc[nH]1)CC1CCC(O)CC1. The van der Waals surface area contributed by atoms with Gasteiger partial charge in [0.25, 0.3) is 0 Å². The molecule has 0 radical (unpaired) electrons. The van der Waals surface area contributed by atoms with Crippen LogP contribution >= 0.6 is 0 Å². The highest BCUT2D eigenvalue weighted by Gasteiger charge is 2.20. The number of hydrogen-bond donors (Lipinski definition) is 2. The van der Waals surface area contributed by atoms with Crippen LogP contribution in [0.2, 0.25) is 0 Å². The Kier molecular flexibility index (Phi) is 4.63. The molecule has 1 fully saturated rings. The van der Waals surface area contributed by atoms with Gasteiger partial charge in [-0.15, -0.1) is 0 Å². The predicted molar refractivity (Wildman–Crippen MR) is 70.0 cm³/mol. The standard InChI is InChI=1S/C14H24N2O/c1-16(10-8-13-3-2-9-15-13)11-12-4-6-14(17)7-5-12/h2-3,9,12,14-15,17H,4-8,10-11H2,1H3. The summed E-state index contributed by atoms with van der Waals surface area (Å²) in [5, 5.41) is 9.47. The van der Waals surface area contributed by atoms with Gasteiger partial charge in [0.05, 0.1) is 6.10 Å². The number of hydrogen-bond acceptors (Lipinski definition) is 2. The highest BCUT2D eigenvalue weighted by Crippen LogP contribution is 2.24. The number of aliphatic hydroxyl groups excluding tert-OH is 1. The summed E-state index contributed by atoms with van der Waals surface area (Å²) < 4.78 is 0. The largest absolute Gasteiger partial charge is 0.393 e. The topological polar surface area (TPSA) is 39.3 Å². The van der Waals surface area contributed by atoms with Crippen molar-refractivity contribution in [3.05, 3.63) is 24.0 Å². The predicted octanol–water partition coefficient (Wildman–Crippen LogP) is 2.04. The zero-order valence-electron chi connectivity index (χ0n) is 10.7. The number of nitrogens with one attached hydrogen (secondary N) is 1. The molecular weight excluding hydrogens is 212 g/mol. The van der Waals surface area contributed by atoms with E-state index < -0.39 is 0 Å². The molecule has 2 N–H and O–H groups in total. The average Bonchev–Trinajstić information content (AvgIpc) is 2.83. The molecule has 2 rings (SSSR count). The Bertz CT molecular complexity index is 302. The van der Waals surface area contributed by atoms with Crippen LogP contribution in [0.15, 0.2) is 18.3 Å². The number of aliphatic hydroxyl groups is 1. The van der Waals surface area contributed by atoms with Gasteiger partial charge in [-0.25, -0.2) is 0 Å². The monoisotopic (exact) mass is 236 g/mol. The first-order valence-corrected chi connectivity index (χ1v) is 6.73. The summed E-state index contributed by atoms with van der Waals surface area (Å²) in [4.78, 5) is 5.66. The average molecular weight is 236 g/mol. The minimum atomic E-state index is -0.0320. The van der Waals surface area contributed by atoms with E-state index in [0.29, 0.717) is 0 Å². The van der Waals surface area contributed by atoms with Crippen LogP contribution in [0.1, 0.15) is 31.4 Å². The third-order valence-corrected chi connectivity index (χ3v) is 3.81. The summed E-state index contributed by atoms with van der Waals surface area (Å²) in [6, 6.07) is 4.20. The van der Waals surface area contributed by atoms with E-state index in [9.17, 15) is 5.11 Å². The van der Waals surface area contributed by atoms with Crippen molar-refractivity contribution in [2.24, 2.45) is 5.92 Å². The lowest BCUT2D eigenvalue weighted by molar-refractivity contribution is 0.0978. The maximum atomic E-state index is 9.47. The molecule has 1 aromatic heterocycles. The summed E-state index contributed by atoms with van der Waals surface area (Å²) in [7, 11) is 2.20. The van der Waals surface area contributed by atoms with Crippen molar-refractivity contribution in [3.8, 4) is 0 Å². The summed E-state index contributed by atoms with van der Waals surface area (Å²) >= 11 is 0. The van der Waals surface area contributed by atoms with Gasteiger partial charge in [0.1, 0.15) is 0 Å². The van der Waals surface area contributed by atoms with Crippen LogP contribution in [0.3, 0.4) is 0 Å². The van der Waals surface area contributed by atoms with E-state index in [2.05, 4.69) is 29.1 Å². The van der Waals surface area contributed by atoms with Crippen LogP contribution in [0, 0.1) is 5.92 Å². The second-order valence-electron chi connectivity index (χ2n) is 5.38. The fraction of sp³-hybridized carbons (Fsp3) is 0.714. The Labute approximate surface area is 104 Å². The van der Waals surface area contributed by atoms with Gasteiger partial charge in [-0.3, -0.25) is 0 Å². The van der Waals surface area contributed by atoms with Gasteiger partial charge in [0.15, 0.2) is 0 Å². The summed E-state index contributed by atoms with van der Waals surface area (Å²) in [5.74, 6) is 0.784. The lowest BCUT2D eigenvalue weighted by Gasteiger charge is -2.29. The second-order valence-corrected chi connectivity index (χ2v) is 5.38. The van der Waals surface area contributed by atoms with Gasteiger partial charge in [0, 0.05) is 31.4 Å². The van der Waals surface area contributed by atoms with Gasteiger partial charge in [-0.1, -0.05) is 0 Å². The number of H-pyrrole nitrogens is 1. The molecule has 1 aromatic rings. The molecule has 3 heteroatoms. The molecule has 0 aliphatic heterocycles. The first kappa shape index (κ1) is 12.7. The van der Waals surface area contributed by atoms with Crippen LogP contribution in [0.4, 0.5) is 0 Å². The van der Waals surface area contributed by atoms with E-state index in [-0.39, 0.29) is 6.10 Å². The molecule has 1 heterocycles. The minimum absolute atomic E-state index is 0.0320. The van der Waals surface area contributed by atoms with E-state index >= 15 is 0 Å². The minimum Gasteiger partial charge on any atom is -0.393 e. The first-order chi connectivity index (χ1) is 8.24. The quantitative estimate of drug-likeness (QED) is 0.821. The van der Waals surface area contributed by atoms with Gasteiger partial charge in [-0.05, 0) is 50.8 Å². The molecule has 1 aliphatic carbocycles. The molecule has 0 bridgehead atoms. The molecule has 1 aliphatic rings. The normalized spacial score (nSPS) is 25.4. The molecule has 96 valence electrons. The Hall–Kier alpha value is -0.800. The van der Waals surface area contributed by atoms with Gasteiger partial charge in [0.2, 0.25) is 0 Å². The lowest BCUT2D eigenvalue weighted by atomic mass is 9.87. The molecule has 0 aromatic carbocycles. The maximum absolute atomic E-state index is 9.47. The Morgan fingerprint density at radius 3 is 2.76 bits per heavy atom. The second kappa shape index (κ2) is 6.22. The third-order valence-electron chi connectivity index (χ3n) is 3.81. The molecule has 0 atom stereocenters. The van der Waals surface area contributed by atoms with Gasteiger partial charge in [-0.2, -0.15) is 0 Å². The Balaban J connectivity index is 1.65. The fourth-order valence-corrected chi connectivity index (χ4v) is 2.69. The van der Waals surface area contributed by atoms with E-state index in [1.54, 1.807) is 0 Å². The molecule has 0 saturated heterocycles. The first-order valence-electron chi connectivity index (χ1n) is 6.73. The van der Waals surface area contributed by atoms with Crippen LogP contribution in [0.5, 0.6) is 0 Å². The van der Waals surface area contributed by atoms with Crippen molar-refractivity contribution >= 4 is 0 Å². The highest BCUT2D eigenvalue weighted by molar-refractivity contribution is 5.03. The molecule has 1 saturated carbocycles. The number of rotatable bonds is 5. The number of likely N-dealkylation sites (N-methyl/N-ethyl adjacent to an activating group) is 1. The zero-order valence-corrected chi connectivity index (χ0v) is 10.7. The number of aromatic nitrogens is 1. The van der Waals surface area contributed by atoms with Crippen LogP contribution < -0.4 is 0 Å². The van der Waals surface area contributed by atoms with Crippen molar-refractivity contribution in [2.45, 2.75) is 38.2 Å². The van der Waals surface area contributed by atoms with Crippen LogP contribution in [-0.4, -0.2) is 41.2 Å². The molecule has 17 heavy (non-hydrogen) atoms. The summed E-state index contributed by atoms with van der Waals surface area (Å²) in [6.07, 6.45) is 7.42. The van der Waals surface area contributed by atoms with Crippen molar-refractivity contribution in [3.63, 3.8) is 0 Å². The number of nitrogens with zero attached hydrogens (tertiary/aromatic N) is 1.